The van der Waals surface area contributed by atoms with Crippen LogP contribution in [0.3, 0.4) is 0 Å². The van der Waals surface area contributed by atoms with E-state index in [0.717, 1.165) is 10.9 Å². The smallest absolute Gasteiger partial charge is 0.756 e. The first kappa shape index (κ1) is 28.7. The third-order valence-electron chi connectivity index (χ3n) is 3.88. The number of ether oxygens (including phenoxy) is 1. The number of fused-ring (bicyclic) bond motifs is 1. The van der Waals surface area contributed by atoms with Crippen LogP contribution in [0.1, 0.15) is 6.23 Å². The van der Waals surface area contributed by atoms with Gasteiger partial charge >= 0.3 is 45.2 Å². The number of rotatable bonds is 8. The number of nitrogens with one attached hydrogen (secondary N) is 1. The van der Waals surface area contributed by atoms with Crippen molar-refractivity contribution in [3.05, 3.63) is 16.7 Å². The Labute approximate surface area is 204 Å². The second-order valence-electron chi connectivity index (χ2n) is 6.19. The zero-order chi connectivity index (χ0) is 24.1. The van der Waals surface area contributed by atoms with Gasteiger partial charge in [-0.1, -0.05) is 0 Å². The number of aliphatic hydroxyl groups excluding tert-OH is 2. The molecule has 0 radical (unpaired) electrons. The molecule has 7 atom stereocenters. The van der Waals surface area contributed by atoms with Crippen LogP contribution in [-0.4, -0.2) is 69.3 Å². The number of hydrogen-bond acceptors (Lipinski definition) is 14. The van der Waals surface area contributed by atoms with Crippen LogP contribution in [0.15, 0.2) is 11.1 Å². The Hall–Kier alpha value is -0.560. The van der Waals surface area contributed by atoms with Gasteiger partial charge in [0.2, 0.25) is 5.95 Å². The molecule has 0 bridgehead atoms. The van der Waals surface area contributed by atoms with Crippen molar-refractivity contribution < 1.29 is 90.9 Å². The molecular weight excluding hydrogens is 545 g/mol. The van der Waals surface area contributed by atoms with Gasteiger partial charge in [-0.05, 0) is 0 Å². The van der Waals surface area contributed by atoms with Crippen LogP contribution in [0.5, 0.6) is 0 Å². The minimum atomic E-state index is -5.82. The molecule has 1 aliphatic rings. The Balaban J connectivity index is 0.00000385. The number of anilines is 1. The van der Waals surface area contributed by atoms with Crippen molar-refractivity contribution in [3.63, 3.8) is 0 Å². The van der Waals surface area contributed by atoms with Crippen molar-refractivity contribution in [1.82, 2.24) is 19.5 Å². The summed E-state index contributed by atoms with van der Waals surface area (Å²) in [5.41, 5.74) is 4.48. The Bertz CT molecular complexity index is 1210. The monoisotopic (exact) mass is 560 g/mol. The number of imidazole rings is 1. The third-order valence-corrected chi connectivity index (χ3v) is 7.65. The number of nitrogens with zero attached hydrogens (tertiary/aromatic N) is 3. The number of aromatic amines is 1. The molecule has 23 heteroatoms. The van der Waals surface area contributed by atoms with Gasteiger partial charge < -0.3 is 40.3 Å². The number of nitrogens with two attached hydrogens (primary N) is 1. The summed E-state index contributed by atoms with van der Waals surface area (Å²) in [4.78, 5) is 59.1. The number of H-pyrrole nitrogens is 1. The maximum atomic E-state index is 11.8. The van der Waals surface area contributed by atoms with Crippen molar-refractivity contribution in [3.8, 4) is 0 Å². The average molecular weight is 560 g/mol. The van der Waals surface area contributed by atoms with Gasteiger partial charge in [-0.15, -0.1) is 0 Å². The maximum Gasteiger partial charge on any atom is 1.00 e. The summed E-state index contributed by atoms with van der Waals surface area (Å²) in [6.45, 7) is -1.03. The van der Waals surface area contributed by atoms with Gasteiger partial charge in [-0.2, -0.15) is 9.29 Å². The summed E-state index contributed by atoms with van der Waals surface area (Å²) in [5, 5.41) is 20.4. The van der Waals surface area contributed by atoms with Crippen molar-refractivity contribution in [2.75, 3.05) is 12.3 Å². The number of phosphoric ester groups is 1. The van der Waals surface area contributed by atoms with Gasteiger partial charge in [-0.3, -0.25) is 23.4 Å². The molecule has 1 aliphatic heterocycles. The van der Waals surface area contributed by atoms with E-state index in [4.69, 9.17) is 20.3 Å². The Morgan fingerprint density at radius 3 is 2.42 bits per heavy atom. The quantitative estimate of drug-likeness (QED) is 0.0684. The Morgan fingerprint density at radius 1 is 1.18 bits per heavy atom. The van der Waals surface area contributed by atoms with Gasteiger partial charge in [0, 0.05) is 0 Å². The average Bonchev–Trinajstić information content (AvgIpc) is 3.12. The van der Waals surface area contributed by atoms with Crippen LogP contribution in [-0.2, 0) is 31.6 Å². The maximum absolute atomic E-state index is 11.8. The second-order valence-corrected chi connectivity index (χ2v) is 10.6. The molecule has 1 saturated heterocycles. The predicted octanol–water partition coefficient (Wildman–Crippen LogP) is -5.96. The predicted molar refractivity (Wildman–Crippen MR) is 96.1 cm³/mol. The normalized spacial score (nSPS) is 28.5. The second kappa shape index (κ2) is 10.2. The molecule has 3 heterocycles. The van der Waals surface area contributed by atoms with E-state index < -0.39 is 60.2 Å². The van der Waals surface area contributed by atoms with Crippen molar-refractivity contribution >= 4 is 40.6 Å². The molecule has 19 nitrogen and oxygen atoms in total. The van der Waals surface area contributed by atoms with Crippen LogP contribution in [0, 0.1) is 0 Å². The van der Waals surface area contributed by atoms with E-state index >= 15 is 0 Å². The van der Waals surface area contributed by atoms with Gasteiger partial charge in [0.15, 0.2) is 17.4 Å². The number of hydrogen-bond donors (Lipinski definition) is 7. The van der Waals surface area contributed by atoms with E-state index in [2.05, 4.69) is 28.1 Å². The number of aliphatic hydroxyl groups is 2. The molecule has 0 amide bonds. The molecule has 0 aromatic carbocycles. The van der Waals surface area contributed by atoms with Crippen molar-refractivity contribution in [2.24, 2.45) is 0 Å². The summed E-state index contributed by atoms with van der Waals surface area (Å²) in [6.07, 6.45) is -5.38. The fraction of sp³-hybridized carbons (Fsp3) is 0.500. The van der Waals surface area contributed by atoms with Crippen LogP contribution < -0.4 is 45.7 Å². The molecule has 33 heavy (non-hydrogen) atoms. The minimum Gasteiger partial charge on any atom is -0.756 e. The molecular formula is C10H15N5NaO14P3. The minimum absolute atomic E-state index is 0. The molecule has 2 aromatic rings. The Morgan fingerprint density at radius 2 is 1.82 bits per heavy atom. The molecule has 2 aromatic heterocycles. The summed E-state index contributed by atoms with van der Waals surface area (Å²) in [5.74, 6) is -0.281. The van der Waals surface area contributed by atoms with Gasteiger partial charge in [0.25, 0.3) is 13.4 Å². The van der Waals surface area contributed by atoms with E-state index in [-0.39, 0.29) is 46.7 Å². The summed E-state index contributed by atoms with van der Waals surface area (Å²) < 4.78 is 51.3. The zero-order valence-corrected chi connectivity index (χ0v) is 20.9. The first-order valence-corrected chi connectivity index (χ1v) is 12.6. The topological polar surface area (TPSA) is 302 Å². The molecule has 3 unspecified atom stereocenters. The van der Waals surface area contributed by atoms with E-state index in [1.54, 1.807) is 0 Å². The SMILES string of the molecule is [15NH2][13c]1[15n][13c]2[13c]([15n][13cH][15n]2[13C@@H]2O[13C@H]([13CH2]OP(=O)(O)OP(=O)(O)OP(=O)([O-])O)[13C@@H](O)[13C@H]2O)[13c](=O)[15nH]1.[Na+]. The largest absolute Gasteiger partial charge is 1.00 e. The van der Waals surface area contributed by atoms with E-state index in [1.165, 1.54) is 0 Å². The molecule has 0 aliphatic carbocycles. The fourth-order valence-electron chi connectivity index (χ4n) is 2.69. The molecule has 0 spiro atoms. The standard InChI is InChI=1S/C10H16N5O14P3.Na/c11-10-13-7-4(8(18)14-10)12-2-15(7)9-6(17)5(16)3(27-9)1-26-31(22,23)29-32(24,25)28-30(19,20)21;/h2-3,5-6,9,16-17H,1H2,(H,22,23)(H,24,25)(H2,19,20,21)(H3,11,13,14,18);/q;+1/p-1/t3-,5-,6-,9-;/m1./s1/i1+1,2+1,3+1,4+1,5+1,6+1,7+1,8+1,9+1,10+1,11+1,12+1,13+1,14+1,15+1;. The van der Waals surface area contributed by atoms with Crippen molar-refractivity contribution in [2.45, 2.75) is 24.5 Å². The molecule has 0 saturated carbocycles. The molecule has 3 rings (SSSR count). The van der Waals surface area contributed by atoms with Gasteiger partial charge in [0.05, 0.1) is 12.9 Å². The Kier molecular flexibility index (Phi) is 8.86. The van der Waals surface area contributed by atoms with Crippen LogP contribution >= 0.6 is 23.5 Å². The van der Waals surface area contributed by atoms with Crippen LogP contribution in [0.2, 0.25) is 0 Å². The van der Waals surface area contributed by atoms with E-state index in [1.807, 2.05) is 0 Å². The molecule has 180 valence electrons. The van der Waals surface area contributed by atoms with Crippen LogP contribution in [0.4, 0.5) is 5.95 Å². The van der Waals surface area contributed by atoms with Crippen molar-refractivity contribution in [1.29, 1.82) is 0 Å². The summed E-state index contributed by atoms with van der Waals surface area (Å²) in [7, 11) is -17.1. The van der Waals surface area contributed by atoms with Gasteiger partial charge in [-0.25, -0.2) is 18.4 Å². The first-order valence-electron chi connectivity index (χ1n) is 8.09. The van der Waals surface area contributed by atoms with E-state index in [9.17, 15) is 38.5 Å². The van der Waals surface area contributed by atoms with E-state index in [0.29, 0.717) is 0 Å². The fourth-order valence-corrected chi connectivity index (χ4v) is 5.69. The third kappa shape index (κ3) is 6.99. The molecule has 8 N–H and O–H groups in total. The number of nitrogen functional groups attached to an aromatic ring is 1. The van der Waals surface area contributed by atoms with Crippen LogP contribution in [0.25, 0.3) is 11.2 Å². The summed E-state index contributed by atoms with van der Waals surface area (Å²) >= 11 is 0. The zero-order valence-electron chi connectivity index (χ0n) is 16.3. The summed E-state index contributed by atoms with van der Waals surface area (Å²) in [6, 6.07) is 0. The van der Waals surface area contributed by atoms with Gasteiger partial charge in [0.1, 0.15) is 18.3 Å². The molecule has 1 fully saturated rings. The first-order chi connectivity index (χ1) is 14.6. The number of aromatic nitrogens is 4. The number of phosphoric acid groups is 3.